The molecular formula is C9H20O4S. The molecule has 0 aromatic heterocycles. The molecule has 0 spiro atoms. The number of hydrogen-bond acceptors (Lipinski definition) is 3. The van der Waals surface area contributed by atoms with Crippen molar-refractivity contribution in [2.24, 2.45) is 0 Å². The van der Waals surface area contributed by atoms with Gasteiger partial charge in [-0.05, 0) is 12.8 Å². The first kappa shape index (κ1) is 13.9. The normalized spacial score (nSPS) is 14.2. The highest BCUT2D eigenvalue weighted by atomic mass is 32.3. The van der Waals surface area contributed by atoms with Crippen LogP contribution in [0.2, 0.25) is 0 Å². The van der Waals surface area contributed by atoms with Crippen LogP contribution >= 0.6 is 0 Å². The second-order valence-electron chi connectivity index (χ2n) is 3.40. The number of unbranched alkanes of at least 4 members (excludes halogenated alkanes) is 3. The van der Waals surface area contributed by atoms with E-state index in [1.807, 2.05) is 6.92 Å². The summed E-state index contributed by atoms with van der Waals surface area (Å²) in [6.07, 6.45) is 5.26. The molecule has 1 N–H and O–H groups in total. The van der Waals surface area contributed by atoms with Crippen molar-refractivity contribution in [2.75, 3.05) is 0 Å². The molecule has 0 aliphatic rings. The molecular weight excluding hydrogens is 204 g/mol. The van der Waals surface area contributed by atoms with E-state index in [1.54, 1.807) is 0 Å². The zero-order chi connectivity index (χ0) is 11.0. The summed E-state index contributed by atoms with van der Waals surface area (Å²) in [5, 5.41) is 0. The smallest absolute Gasteiger partial charge is 0.264 e. The van der Waals surface area contributed by atoms with Crippen LogP contribution in [0.3, 0.4) is 0 Å². The largest absolute Gasteiger partial charge is 0.397 e. The summed E-state index contributed by atoms with van der Waals surface area (Å²) in [6, 6.07) is 0. The summed E-state index contributed by atoms with van der Waals surface area (Å²) in [5.41, 5.74) is 0. The molecule has 1 atom stereocenters. The van der Waals surface area contributed by atoms with Crippen LogP contribution in [0.4, 0.5) is 0 Å². The first-order valence-corrected chi connectivity index (χ1v) is 6.51. The van der Waals surface area contributed by atoms with Crippen molar-refractivity contribution in [3.8, 4) is 0 Å². The fourth-order valence-corrected chi connectivity index (χ4v) is 1.87. The molecule has 0 saturated carbocycles. The Kier molecular flexibility index (Phi) is 7.13. The molecule has 0 bridgehead atoms. The van der Waals surface area contributed by atoms with Gasteiger partial charge in [0.2, 0.25) is 0 Å². The zero-order valence-corrected chi connectivity index (χ0v) is 9.72. The maximum atomic E-state index is 10.4. The molecule has 14 heavy (non-hydrogen) atoms. The third kappa shape index (κ3) is 8.47. The van der Waals surface area contributed by atoms with Gasteiger partial charge < -0.3 is 0 Å². The standard InChI is InChI=1S/C9H20O4S/c1-3-5-6-7-8-9(4-2)13-14(10,11)12/h9H,3-8H2,1-2H3,(H,10,11,12). The van der Waals surface area contributed by atoms with Crippen LogP contribution in [0.5, 0.6) is 0 Å². The van der Waals surface area contributed by atoms with Crippen LogP contribution in [0, 0.1) is 0 Å². The lowest BCUT2D eigenvalue weighted by molar-refractivity contribution is 0.165. The summed E-state index contributed by atoms with van der Waals surface area (Å²) >= 11 is 0. The summed E-state index contributed by atoms with van der Waals surface area (Å²) < 4.78 is 33.8. The Morgan fingerprint density at radius 3 is 2.29 bits per heavy atom. The van der Waals surface area contributed by atoms with Crippen molar-refractivity contribution < 1.29 is 17.2 Å². The number of hydrogen-bond donors (Lipinski definition) is 1. The van der Waals surface area contributed by atoms with Gasteiger partial charge in [-0.15, -0.1) is 0 Å². The van der Waals surface area contributed by atoms with Crippen molar-refractivity contribution in [1.82, 2.24) is 0 Å². The van der Waals surface area contributed by atoms with Crippen molar-refractivity contribution in [3.63, 3.8) is 0 Å². The minimum absolute atomic E-state index is 0.373. The Labute approximate surface area is 86.6 Å². The average molecular weight is 224 g/mol. The first-order valence-electron chi connectivity index (χ1n) is 5.15. The van der Waals surface area contributed by atoms with Gasteiger partial charge in [0.05, 0.1) is 6.10 Å². The molecule has 0 saturated heterocycles. The maximum Gasteiger partial charge on any atom is 0.397 e. The zero-order valence-electron chi connectivity index (χ0n) is 8.90. The van der Waals surface area contributed by atoms with Crippen molar-refractivity contribution in [3.05, 3.63) is 0 Å². The summed E-state index contributed by atoms with van der Waals surface area (Å²) in [5.74, 6) is 0. The Morgan fingerprint density at radius 2 is 1.86 bits per heavy atom. The molecule has 0 heterocycles. The summed E-state index contributed by atoms with van der Waals surface area (Å²) in [6.45, 7) is 3.96. The molecule has 0 aromatic carbocycles. The Bertz CT molecular complexity index is 223. The SMILES string of the molecule is CCCCCCC(CC)OS(=O)(=O)O. The quantitative estimate of drug-likeness (QED) is 0.508. The topological polar surface area (TPSA) is 63.6 Å². The lowest BCUT2D eigenvalue weighted by Gasteiger charge is -2.12. The maximum absolute atomic E-state index is 10.4. The van der Waals surface area contributed by atoms with E-state index in [0.29, 0.717) is 12.8 Å². The van der Waals surface area contributed by atoms with Crippen LogP contribution in [0.25, 0.3) is 0 Å². The van der Waals surface area contributed by atoms with Crippen molar-refractivity contribution in [1.29, 1.82) is 0 Å². The van der Waals surface area contributed by atoms with Crippen LogP contribution < -0.4 is 0 Å². The Morgan fingerprint density at radius 1 is 1.21 bits per heavy atom. The Balaban J connectivity index is 3.69. The van der Waals surface area contributed by atoms with Gasteiger partial charge in [-0.25, -0.2) is 4.18 Å². The second-order valence-corrected chi connectivity index (χ2v) is 4.45. The fraction of sp³-hybridized carbons (Fsp3) is 1.00. The summed E-state index contributed by atoms with van der Waals surface area (Å²) in [4.78, 5) is 0. The van der Waals surface area contributed by atoms with Gasteiger partial charge in [0.15, 0.2) is 0 Å². The predicted molar refractivity (Wildman–Crippen MR) is 55.5 cm³/mol. The van der Waals surface area contributed by atoms with E-state index < -0.39 is 10.4 Å². The van der Waals surface area contributed by atoms with Crippen molar-refractivity contribution in [2.45, 2.75) is 58.5 Å². The van der Waals surface area contributed by atoms with E-state index in [-0.39, 0.29) is 6.10 Å². The van der Waals surface area contributed by atoms with Gasteiger partial charge >= 0.3 is 10.4 Å². The third-order valence-corrected chi connectivity index (χ3v) is 2.61. The van der Waals surface area contributed by atoms with Crippen LogP contribution in [0.15, 0.2) is 0 Å². The van der Waals surface area contributed by atoms with Crippen LogP contribution in [-0.2, 0) is 14.6 Å². The van der Waals surface area contributed by atoms with E-state index in [4.69, 9.17) is 4.55 Å². The van der Waals surface area contributed by atoms with Gasteiger partial charge in [-0.1, -0.05) is 39.5 Å². The molecule has 5 heteroatoms. The lowest BCUT2D eigenvalue weighted by atomic mass is 10.1. The van der Waals surface area contributed by atoms with Gasteiger partial charge in [0.1, 0.15) is 0 Å². The molecule has 0 fully saturated rings. The molecule has 4 nitrogen and oxygen atoms in total. The predicted octanol–water partition coefficient (Wildman–Crippen LogP) is 2.55. The molecule has 86 valence electrons. The first-order chi connectivity index (χ1) is 6.49. The van der Waals surface area contributed by atoms with E-state index in [2.05, 4.69) is 11.1 Å². The molecule has 0 aliphatic heterocycles. The van der Waals surface area contributed by atoms with Gasteiger partial charge in [-0.2, -0.15) is 8.42 Å². The van der Waals surface area contributed by atoms with Gasteiger partial charge in [-0.3, -0.25) is 4.55 Å². The van der Waals surface area contributed by atoms with E-state index in [0.717, 1.165) is 25.7 Å². The van der Waals surface area contributed by atoms with E-state index in [1.165, 1.54) is 0 Å². The molecule has 0 aromatic rings. The molecule has 0 amide bonds. The highest BCUT2D eigenvalue weighted by Crippen LogP contribution is 2.12. The molecule has 0 radical (unpaired) electrons. The molecule has 0 rings (SSSR count). The van der Waals surface area contributed by atoms with E-state index >= 15 is 0 Å². The van der Waals surface area contributed by atoms with Crippen molar-refractivity contribution >= 4 is 10.4 Å². The van der Waals surface area contributed by atoms with Crippen LogP contribution in [0.1, 0.15) is 52.4 Å². The second kappa shape index (κ2) is 7.20. The highest BCUT2D eigenvalue weighted by molar-refractivity contribution is 7.80. The fourth-order valence-electron chi connectivity index (χ4n) is 1.29. The number of rotatable bonds is 8. The molecule has 1 unspecified atom stereocenters. The van der Waals surface area contributed by atoms with Gasteiger partial charge in [0.25, 0.3) is 0 Å². The minimum atomic E-state index is -4.28. The van der Waals surface area contributed by atoms with Gasteiger partial charge in [0, 0.05) is 0 Å². The third-order valence-electron chi connectivity index (χ3n) is 2.09. The van der Waals surface area contributed by atoms with E-state index in [9.17, 15) is 8.42 Å². The average Bonchev–Trinajstić information content (AvgIpc) is 2.08. The van der Waals surface area contributed by atoms with Crippen LogP contribution in [-0.4, -0.2) is 19.1 Å². The lowest BCUT2D eigenvalue weighted by Crippen LogP contribution is -2.16. The molecule has 0 aliphatic carbocycles. The highest BCUT2D eigenvalue weighted by Gasteiger charge is 2.14. The monoisotopic (exact) mass is 224 g/mol. The summed E-state index contributed by atoms with van der Waals surface area (Å²) in [7, 11) is -4.28. The Hall–Kier alpha value is -0.130. The minimum Gasteiger partial charge on any atom is -0.264 e.